The Balaban J connectivity index is 1.72. The van der Waals surface area contributed by atoms with E-state index >= 15 is 0 Å². The Kier molecular flexibility index (Phi) is 2.90. The van der Waals surface area contributed by atoms with Crippen molar-refractivity contribution in [2.24, 2.45) is 0 Å². The van der Waals surface area contributed by atoms with Crippen LogP contribution in [-0.4, -0.2) is 8.75 Å². The number of hydrogen-bond donors (Lipinski definition) is 0. The molecule has 4 rings (SSSR count). The molecule has 1 heterocycles. The smallest absolute Gasteiger partial charge is 0.105 e. The molecule has 0 fully saturated rings. The predicted molar refractivity (Wildman–Crippen MR) is 85.5 cm³/mol. The van der Waals surface area contributed by atoms with Crippen LogP contribution in [0.25, 0.3) is 21.8 Å². The monoisotopic (exact) mass is 294 g/mol. The summed E-state index contributed by atoms with van der Waals surface area (Å²) in [4.78, 5) is 2.44. The Labute approximate surface area is 124 Å². The number of rotatable bonds is 2. The van der Waals surface area contributed by atoms with Gasteiger partial charge in [-0.1, -0.05) is 42.1 Å². The third-order valence-corrected chi connectivity index (χ3v) is 4.72. The molecule has 3 aromatic carbocycles. The zero-order valence-electron chi connectivity index (χ0n) is 10.5. The molecule has 0 saturated carbocycles. The molecule has 0 amide bonds. The van der Waals surface area contributed by atoms with E-state index in [1.54, 1.807) is 11.8 Å². The van der Waals surface area contributed by atoms with E-state index in [-0.39, 0.29) is 0 Å². The minimum Gasteiger partial charge on any atom is -0.173 e. The highest BCUT2D eigenvalue weighted by molar-refractivity contribution is 7.99. The average molecular weight is 294 g/mol. The van der Waals surface area contributed by atoms with Crippen LogP contribution in [0.15, 0.2) is 70.5 Å². The highest BCUT2D eigenvalue weighted by Crippen LogP contribution is 2.31. The predicted octanol–water partition coefficient (Wildman–Crippen LogP) is 5.00. The van der Waals surface area contributed by atoms with Gasteiger partial charge in [0.25, 0.3) is 0 Å². The molecule has 4 aromatic rings. The first-order valence-electron chi connectivity index (χ1n) is 6.27. The maximum absolute atomic E-state index is 4.29. The molecule has 0 radical (unpaired) electrons. The third-order valence-electron chi connectivity index (χ3n) is 3.18. The standard InChI is InChI=1S/C16H10N2S2/c1-2-4-12-9-13(6-5-11(12)3-1)19-14-7-8-15-16(10-14)18-20-17-15/h1-10H. The third kappa shape index (κ3) is 2.17. The molecule has 0 unspecified atom stereocenters. The fraction of sp³-hybridized carbons (Fsp3) is 0. The summed E-state index contributed by atoms with van der Waals surface area (Å²) in [5.41, 5.74) is 1.94. The maximum Gasteiger partial charge on any atom is 0.105 e. The van der Waals surface area contributed by atoms with Crippen LogP contribution in [0.4, 0.5) is 0 Å². The number of nitrogens with zero attached hydrogens (tertiary/aromatic N) is 2. The van der Waals surface area contributed by atoms with Crippen LogP contribution in [0.1, 0.15) is 0 Å². The minimum atomic E-state index is 0.970. The molecule has 4 heteroatoms. The van der Waals surface area contributed by atoms with Gasteiger partial charge in [-0.3, -0.25) is 0 Å². The van der Waals surface area contributed by atoms with Gasteiger partial charge in [0.15, 0.2) is 0 Å². The van der Waals surface area contributed by atoms with Crippen molar-refractivity contribution in [2.45, 2.75) is 9.79 Å². The molecule has 1 aromatic heterocycles. The van der Waals surface area contributed by atoms with Gasteiger partial charge in [-0.25, -0.2) is 0 Å². The van der Waals surface area contributed by atoms with Gasteiger partial charge < -0.3 is 0 Å². The van der Waals surface area contributed by atoms with Crippen molar-refractivity contribution in [3.05, 3.63) is 60.7 Å². The van der Waals surface area contributed by atoms with Gasteiger partial charge in [0, 0.05) is 9.79 Å². The molecule has 0 aliphatic rings. The highest BCUT2D eigenvalue weighted by Gasteiger charge is 2.03. The van der Waals surface area contributed by atoms with Crippen molar-refractivity contribution in [1.29, 1.82) is 0 Å². The van der Waals surface area contributed by atoms with E-state index in [4.69, 9.17) is 0 Å². The second-order valence-electron chi connectivity index (χ2n) is 4.53. The average Bonchev–Trinajstić information content (AvgIpc) is 2.95. The maximum atomic E-state index is 4.29. The lowest BCUT2D eigenvalue weighted by molar-refractivity contribution is 1.43. The van der Waals surface area contributed by atoms with Crippen molar-refractivity contribution in [3.8, 4) is 0 Å². The van der Waals surface area contributed by atoms with Crippen LogP contribution in [-0.2, 0) is 0 Å². The van der Waals surface area contributed by atoms with E-state index in [1.807, 2.05) is 6.07 Å². The summed E-state index contributed by atoms with van der Waals surface area (Å²) in [6.45, 7) is 0. The van der Waals surface area contributed by atoms with Crippen molar-refractivity contribution < 1.29 is 0 Å². The van der Waals surface area contributed by atoms with Gasteiger partial charge in [-0.15, -0.1) is 0 Å². The molecule has 0 N–H and O–H groups in total. The Hall–Kier alpha value is -1.91. The van der Waals surface area contributed by atoms with Crippen molar-refractivity contribution in [2.75, 3.05) is 0 Å². The van der Waals surface area contributed by atoms with Gasteiger partial charge in [-0.2, -0.15) is 8.75 Å². The first-order chi connectivity index (χ1) is 9.88. The molecule has 0 spiro atoms. The number of fused-ring (bicyclic) bond motifs is 2. The summed E-state index contributed by atoms with van der Waals surface area (Å²) in [7, 11) is 0. The van der Waals surface area contributed by atoms with Crippen LogP contribution in [0.3, 0.4) is 0 Å². The molecule has 0 bridgehead atoms. The summed E-state index contributed by atoms with van der Waals surface area (Å²) < 4.78 is 8.52. The van der Waals surface area contributed by atoms with Gasteiger partial charge >= 0.3 is 0 Å². The molecule has 0 saturated heterocycles. The molecule has 20 heavy (non-hydrogen) atoms. The molecule has 0 atom stereocenters. The second kappa shape index (κ2) is 4.89. The molecule has 2 nitrogen and oxygen atoms in total. The van der Waals surface area contributed by atoms with E-state index in [2.05, 4.69) is 63.3 Å². The Morgan fingerprint density at radius 1 is 0.700 bits per heavy atom. The summed E-state index contributed by atoms with van der Waals surface area (Å²) in [5, 5.41) is 2.55. The second-order valence-corrected chi connectivity index (χ2v) is 6.20. The first kappa shape index (κ1) is 11.9. The number of benzene rings is 3. The summed E-state index contributed by atoms with van der Waals surface area (Å²) in [6.07, 6.45) is 0. The number of hydrogen-bond acceptors (Lipinski definition) is 4. The van der Waals surface area contributed by atoms with E-state index in [1.165, 1.54) is 32.3 Å². The van der Waals surface area contributed by atoms with Gasteiger partial charge in [0.05, 0.1) is 11.7 Å². The van der Waals surface area contributed by atoms with E-state index in [9.17, 15) is 0 Å². The van der Waals surface area contributed by atoms with Gasteiger partial charge in [0.2, 0.25) is 0 Å². The van der Waals surface area contributed by atoms with Crippen LogP contribution in [0, 0.1) is 0 Å². The van der Waals surface area contributed by atoms with Crippen LogP contribution in [0.2, 0.25) is 0 Å². The van der Waals surface area contributed by atoms with Crippen molar-refractivity contribution in [1.82, 2.24) is 8.75 Å². The highest BCUT2D eigenvalue weighted by atomic mass is 32.2. The first-order valence-corrected chi connectivity index (χ1v) is 7.82. The topological polar surface area (TPSA) is 25.8 Å². The lowest BCUT2D eigenvalue weighted by Crippen LogP contribution is -1.77. The van der Waals surface area contributed by atoms with Crippen LogP contribution < -0.4 is 0 Å². The lowest BCUT2D eigenvalue weighted by Gasteiger charge is -2.03. The van der Waals surface area contributed by atoms with E-state index in [0.29, 0.717) is 0 Å². The SMILES string of the molecule is c1ccc2cc(Sc3ccc4nsnc4c3)ccc2c1. The molecule has 0 aliphatic carbocycles. The molecular formula is C16H10N2S2. The summed E-state index contributed by atoms with van der Waals surface area (Å²) in [6, 6.07) is 21.2. The van der Waals surface area contributed by atoms with Crippen LogP contribution in [0.5, 0.6) is 0 Å². The summed E-state index contributed by atoms with van der Waals surface area (Å²) in [5.74, 6) is 0. The lowest BCUT2D eigenvalue weighted by atomic mass is 10.1. The largest absolute Gasteiger partial charge is 0.173 e. The molecular weight excluding hydrogens is 284 g/mol. The molecule has 96 valence electrons. The Morgan fingerprint density at radius 2 is 1.45 bits per heavy atom. The molecule has 0 aliphatic heterocycles. The number of aromatic nitrogens is 2. The minimum absolute atomic E-state index is 0.970. The summed E-state index contributed by atoms with van der Waals surface area (Å²) >= 11 is 3.02. The fourth-order valence-electron chi connectivity index (χ4n) is 2.19. The van der Waals surface area contributed by atoms with Gasteiger partial charge in [0.1, 0.15) is 11.0 Å². The fourth-order valence-corrected chi connectivity index (χ4v) is 3.61. The van der Waals surface area contributed by atoms with E-state index in [0.717, 1.165) is 11.0 Å². The Bertz CT molecular complexity index is 899. The van der Waals surface area contributed by atoms with E-state index < -0.39 is 0 Å². The van der Waals surface area contributed by atoms with Crippen molar-refractivity contribution in [3.63, 3.8) is 0 Å². The zero-order chi connectivity index (χ0) is 13.4. The normalized spacial score (nSPS) is 11.2. The van der Waals surface area contributed by atoms with Crippen molar-refractivity contribution >= 4 is 45.3 Å². The quantitative estimate of drug-likeness (QED) is 0.520. The Morgan fingerprint density at radius 3 is 2.40 bits per heavy atom. The van der Waals surface area contributed by atoms with Gasteiger partial charge in [-0.05, 0) is 41.1 Å². The zero-order valence-corrected chi connectivity index (χ0v) is 12.1. The van der Waals surface area contributed by atoms with Crippen LogP contribution >= 0.6 is 23.5 Å².